The Morgan fingerprint density at radius 2 is 1.84 bits per heavy atom. The normalized spacial score (nSPS) is 12.0. The van der Waals surface area contributed by atoms with Crippen LogP contribution in [0.5, 0.6) is 5.75 Å². The van der Waals surface area contributed by atoms with Crippen LogP contribution in [-0.4, -0.2) is 19.2 Å². The van der Waals surface area contributed by atoms with E-state index in [1.165, 1.54) is 14.0 Å². The van der Waals surface area contributed by atoms with Gasteiger partial charge < -0.3 is 13.9 Å². The fraction of sp³-hybridized carbons (Fsp3) is 0.200. The molecule has 25 heavy (non-hydrogen) atoms. The van der Waals surface area contributed by atoms with E-state index in [1.807, 2.05) is 43.3 Å². The van der Waals surface area contributed by atoms with Crippen molar-refractivity contribution < 1.29 is 18.7 Å². The molecule has 128 valence electrons. The fourth-order valence-electron chi connectivity index (χ4n) is 2.56. The highest BCUT2D eigenvalue weighted by atomic mass is 16.6. The summed E-state index contributed by atoms with van der Waals surface area (Å²) in [6.45, 7) is 3.45. The molecule has 0 bridgehead atoms. The topological polar surface area (TPSA) is 65.7 Å². The minimum Gasteiger partial charge on any atom is -0.471 e. The van der Waals surface area contributed by atoms with E-state index in [1.54, 1.807) is 12.1 Å². The van der Waals surface area contributed by atoms with Crippen LogP contribution in [0.2, 0.25) is 0 Å². The van der Waals surface area contributed by atoms with Gasteiger partial charge in [0.2, 0.25) is 11.2 Å². The minimum atomic E-state index is -0.932. The molecule has 0 saturated carbocycles. The zero-order valence-corrected chi connectivity index (χ0v) is 14.2. The Morgan fingerprint density at radius 3 is 2.52 bits per heavy atom. The molecule has 0 aliphatic heterocycles. The Bertz CT molecular complexity index is 973. The third-order valence-corrected chi connectivity index (χ3v) is 3.87. The molecule has 1 heterocycles. The molecule has 0 N–H and O–H groups in total. The fourth-order valence-corrected chi connectivity index (χ4v) is 2.56. The molecular weight excluding hydrogens is 320 g/mol. The molecular formula is C20H18O5. The van der Waals surface area contributed by atoms with Gasteiger partial charge in [0, 0.05) is 5.56 Å². The molecule has 0 spiro atoms. The zero-order chi connectivity index (χ0) is 18.0. The lowest BCUT2D eigenvalue weighted by Crippen LogP contribution is -2.27. The van der Waals surface area contributed by atoms with Crippen molar-refractivity contribution in [3.8, 4) is 17.1 Å². The van der Waals surface area contributed by atoms with Gasteiger partial charge in [-0.25, -0.2) is 4.79 Å². The second-order valence-corrected chi connectivity index (χ2v) is 5.74. The van der Waals surface area contributed by atoms with Crippen molar-refractivity contribution >= 4 is 16.9 Å². The third-order valence-electron chi connectivity index (χ3n) is 3.87. The van der Waals surface area contributed by atoms with E-state index < -0.39 is 12.1 Å². The highest BCUT2D eigenvalue weighted by Crippen LogP contribution is 2.31. The lowest BCUT2D eigenvalue weighted by Gasteiger charge is -2.15. The number of rotatable bonds is 4. The molecule has 0 aliphatic carbocycles. The number of fused-ring (bicyclic) bond motifs is 1. The van der Waals surface area contributed by atoms with Crippen molar-refractivity contribution in [3.05, 3.63) is 64.3 Å². The molecule has 0 fully saturated rings. The van der Waals surface area contributed by atoms with Crippen LogP contribution in [0.4, 0.5) is 0 Å². The molecule has 1 unspecified atom stereocenters. The number of ether oxygens (including phenoxy) is 2. The molecule has 1 atom stereocenters. The standard InChI is InChI=1S/C20H18O5/c1-12-9-10-15-16(11-12)25-18(14-7-5-4-6-8-14)19(17(15)21)24-13(2)20(22)23-3/h4-11,13H,1-3H3. The third kappa shape index (κ3) is 3.26. The number of methoxy groups -OCH3 is 1. The van der Waals surface area contributed by atoms with Gasteiger partial charge in [0.15, 0.2) is 11.9 Å². The average molecular weight is 338 g/mol. The van der Waals surface area contributed by atoms with Crippen LogP contribution < -0.4 is 10.2 Å². The monoisotopic (exact) mass is 338 g/mol. The van der Waals surface area contributed by atoms with Crippen LogP contribution in [0.25, 0.3) is 22.3 Å². The first-order chi connectivity index (χ1) is 12.0. The number of carbonyl (C=O) groups excluding carboxylic acids is 1. The molecule has 3 aromatic rings. The SMILES string of the molecule is COC(=O)C(C)Oc1c(-c2ccccc2)oc2cc(C)ccc2c1=O. The number of aryl methyl sites for hydroxylation is 1. The lowest BCUT2D eigenvalue weighted by atomic mass is 10.1. The Labute approximate surface area is 144 Å². The quantitative estimate of drug-likeness (QED) is 0.679. The van der Waals surface area contributed by atoms with E-state index in [0.717, 1.165) is 5.56 Å². The van der Waals surface area contributed by atoms with Gasteiger partial charge in [0.25, 0.3) is 0 Å². The van der Waals surface area contributed by atoms with Gasteiger partial charge in [-0.05, 0) is 31.5 Å². The molecule has 0 saturated heterocycles. The maximum absolute atomic E-state index is 12.9. The Balaban J connectivity index is 2.25. The van der Waals surface area contributed by atoms with Gasteiger partial charge in [0.05, 0.1) is 12.5 Å². The summed E-state index contributed by atoms with van der Waals surface area (Å²) < 4.78 is 16.3. The maximum Gasteiger partial charge on any atom is 0.346 e. The van der Waals surface area contributed by atoms with Crippen LogP contribution in [0.15, 0.2) is 57.7 Å². The van der Waals surface area contributed by atoms with Gasteiger partial charge in [-0.3, -0.25) is 4.79 Å². The first-order valence-corrected chi connectivity index (χ1v) is 7.88. The van der Waals surface area contributed by atoms with Crippen molar-refractivity contribution in [2.45, 2.75) is 20.0 Å². The predicted octanol–water partition coefficient (Wildman–Crippen LogP) is 3.71. The van der Waals surface area contributed by atoms with Crippen molar-refractivity contribution in [3.63, 3.8) is 0 Å². The molecule has 3 rings (SSSR count). The first kappa shape index (κ1) is 16.8. The minimum absolute atomic E-state index is 0.000420. The summed E-state index contributed by atoms with van der Waals surface area (Å²) in [5.41, 5.74) is 1.82. The van der Waals surface area contributed by atoms with Crippen molar-refractivity contribution in [1.82, 2.24) is 0 Å². The predicted molar refractivity (Wildman–Crippen MR) is 94.8 cm³/mol. The second-order valence-electron chi connectivity index (χ2n) is 5.74. The molecule has 0 radical (unpaired) electrons. The van der Waals surface area contributed by atoms with Crippen LogP contribution in [0, 0.1) is 6.92 Å². The van der Waals surface area contributed by atoms with E-state index in [-0.39, 0.29) is 11.2 Å². The summed E-state index contributed by atoms with van der Waals surface area (Å²) in [7, 11) is 1.27. The van der Waals surface area contributed by atoms with Gasteiger partial charge in [0.1, 0.15) is 5.58 Å². The Morgan fingerprint density at radius 1 is 1.12 bits per heavy atom. The molecule has 5 nitrogen and oxygen atoms in total. The largest absolute Gasteiger partial charge is 0.471 e. The highest BCUT2D eigenvalue weighted by Gasteiger charge is 2.23. The van der Waals surface area contributed by atoms with E-state index >= 15 is 0 Å². The number of benzene rings is 2. The molecule has 1 aromatic heterocycles. The number of carbonyl (C=O) groups is 1. The van der Waals surface area contributed by atoms with E-state index in [4.69, 9.17) is 9.15 Å². The molecule has 0 aliphatic rings. The number of hydrogen-bond acceptors (Lipinski definition) is 5. The Hall–Kier alpha value is -3.08. The van der Waals surface area contributed by atoms with E-state index in [9.17, 15) is 9.59 Å². The van der Waals surface area contributed by atoms with Gasteiger partial charge in [-0.1, -0.05) is 36.4 Å². The summed E-state index contributed by atoms with van der Waals surface area (Å²) in [6.07, 6.45) is -0.932. The van der Waals surface area contributed by atoms with Gasteiger partial charge in [-0.2, -0.15) is 0 Å². The molecule has 5 heteroatoms. The van der Waals surface area contributed by atoms with E-state index in [0.29, 0.717) is 22.3 Å². The molecule has 2 aromatic carbocycles. The van der Waals surface area contributed by atoms with Crippen LogP contribution in [0.1, 0.15) is 12.5 Å². The summed E-state index contributed by atoms with van der Waals surface area (Å²) in [4.78, 5) is 24.6. The van der Waals surface area contributed by atoms with Gasteiger partial charge >= 0.3 is 5.97 Å². The summed E-state index contributed by atoms with van der Waals surface area (Å²) in [5, 5.41) is 0.400. The summed E-state index contributed by atoms with van der Waals surface area (Å²) in [5.74, 6) is -0.276. The van der Waals surface area contributed by atoms with Crippen molar-refractivity contribution in [2.24, 2.45) is 0 Å². The smallest absolute Gasteiger partial charge is 0.346 e. The van der Waals surface area contributed by atoms with Crippen molar-refractivity contribution in [1.29, 1.82) is 0 Å². The average Bonchev–Trinajstić information content (AvgIpc) is 2.63. The lowest BCUT2D eigenvalue weighted by molar-refractivity contribution is -0.147. The van der Waals surface area contributed by atoms with Crippen molar-refractivity contribution in [2.75, 3.05) is 7.11 Å². The van der Waals surface area contributed by atoms with Crippen LogP contribution in [0.3, 0.4) is 0 Å². The maximum atomic E-state index is 12.9. The number of hydrogen-bond donors (Lipinski definition) is 0. The summed E-state index contributed by atoms with van der Waals surface area (Å²) in [6, 6.07) is 14.5. The molecule has 0 amide bonds. The van der Waals surface area contributed by atoms with Crippen LogP contribution >= 0.6 is 0 Å². The van der Waals surface area contributed by atoms with Gasteiger partial charge in [-0.15, -0.1) is 0 Å². The summed E-state index contributed by atoms with van der Waals surface area (Å²) >= 11 is 0. The number of esters is 1. The van der Waals surface area contributed by atoms with Crippen LogP contribution in [-0.2, 0) is 9.53 Å². The van der Waals surface area contributed by atoms with E-state index in [2.05, 4.69) is 4.74 Å². The highest BCUT2D eigenvalue weighted by molar-refractivity contribution is 5.83. The first-order valence-electron chi connectivity index (χ1n) is 7.88. The Kier molecular flexibility index (Phi) is 4.57. The second kappa shape index (κ2) is 6.81. The zero-order valence-electron chi connectivity index (χ0n) is 14.2.